The van der Waals surface area contributed by atoms with E-state index in [1.807, 2.05) is 6.92 Å². The average Bonchev–Trinajstić information content (AvgIpc) is 2.59. The zero-order valence-corrected chi connectivity index (χ0v) is 12.0. The van der Waals surface area contributed by atoms with Crippen molar-refractivity contribution in [3.63, 3.8) is 0 Å². The van der Waals surface area contributed by atoms with Crippen LogP contribution in [0.25, 0.3) is 0 Å². The van der Waals surface area contributed by atoms with Gasteiger partial charge in [-0.15, -0.1) is 0 Å². The molecule has 2 atom stereocenters. The van der Waals surface area contributed by atoms with Crippen LogP contribution in [0.15, 0.2) is 4.90 Å². The van der Waals surface area contributed by atoms with Crippen molar-refractivity contribution < 1.29 is 13.2 Å². The molecule has 0 aliphatic carbocycles. The summed E-state index contributed by atoms with van der Waals surface area (Å²) in [7, 11) is -3.36. The highest BCUT2D eigenvalue weighted by molar-refractivity contribution is 7.91. The minimum Gasteiger partial charge on any atom is -0.382 e. The van der Waals surface area contributed by atoms with Crippen LogP contribution in [0.2, 0.25) is 0 Å². The van der Waals surface area contributed by atoms with Crippen LogP contribution in [-0.2, 0) is 14.6 Å². The molecule has 0 radical (unpaired) electrons. The zero-order valence-electron chi connectivity index (χ0n) is 10.3. The van der Waals surface area contributed by atoms with E-state index in [1.165, 1.54) is 0 Å². The quantitative estimate of drug-likeness (QED) is 0.866. The van der Waals surface area contributed by atoms with Gasteiger partial charge in [0.25, 0.3) is 0 Å². The minimum atomic E-state index is -3.36. The first-order chi connectivity index (χ1) is 8.38. The molecule has 0 spiro atoms. The van der Waals surface area contributed by atoms with Gasteiger partial charge in [-0.2, -0.15) is 4.37 Å². The predicted molar refractivity (Wildman–Crippen MR) is 71.7 cm³/mol. The molecule has 1 aliphatic rings. The van der Waals surface area contributed by atoms with Gasteiger partial charge in [0.05, 0.1) is 6.10 Å². The number of rotatable bonds is 3. The smallest absolute Gasteiger partial charge is 0.182 e. The molecule has 3 N–H and O–H groups in total. The summed E-state index contributed by atoms with van der Waals surface area (Å²) in [6.45, 7) is 2.69. The average molecular weight is 291 g/mol. The van der Waals surface area contributed by atoms with Crippen molar-refractivity contribution in [3.8, 4) is 0 Å². The van der Waals surface area contributed by atoms with E-state index in [4.69, 9.17) is 10.5 Å². The van der Waals surface area contributed by atoms with E-state index in [1.54, 1.807) is 0 Å². The Bertz CT molecular complexity index is 526. The van der Waals surface area contributed by atoms with E-state index in [0.29, 0.717) is 11.6 Å². The molecule has 0 saturated carbocycles. The molecule has 1 fully saturated rings. The molecule has 102 valence electrons. The second-order valence-electron chi connectivity index (χ2n) is 4.55. The molecule has 2 unspecified atom stereocenters. The Morgan fingerprint density at radius 3 is 2.89 bits per heavy atom. The van der Waals surface area contributed by atoms with E-state index in [0.717, 1.165) is 30.6 Å². The summed E-state index contributed by atoms with van der Waals surface area (Å²) >= 11 is 1.09. The molecular formula is C10H17N3O3S2. The van der Waals surface area contributed by atoms with Crippen molar-refractivity contribution in [2.75, 3.05) is 23.9 Å². The molecule has 1 aromatic heterocycles. The SMILES string of the molecule is CC1CC(Nc2snc(N)c2S(C)(=O)=O)CCO1. The van der Waals surface area contributed by atoms with Crippen LogP contribution in [0.1, 0.15) is 19.8 Å². The second kappa shape index (κ2) is 5.02. The highest BCUT2D eigenvalue weighted by Gasteiger charge is 2.25. The van der Waals surface area contributed by atoms with Crippen LogP contribution in [0, 0.1) is 0 Å². The molecule has 1 aromatic rings. The molecule has 2 rings (SSSR count). The van der Waals surface area contributed by atoms with Crippen molar-refractivity contribution in [2.24, 2.45) is 0 Å². The Morgan fingerprint density at radius 1 is 1.56 bits per heavy atom. The Labute approximate surface area is 111 Å². The summed E-state index contributed by atoms with van der Waals surface area (Å²) in [5.74, 6) is 0.0742. The number of aromatic nitrogens is 1. The third-order valence-corrected chi connectivity index (χ3v) is 4.94. The molecule has 8 heteroatoms. The summed E-state index contributed by atoms with van der Waals surface area (Å²) in [5, 5.41) is 3.76. The van der Waals surface area contributed by atoms with Crippen LogP contribution >= 0.6 is 11.5 Å². The third kappa shape index (κ3) is 2.93. The first-order valence-corrected chi connectivity index (χ1v) is 8.37. The Balaban J connectivity index is 2.20. The summed E-state index contributed by atoms with van der Waals surface area (Å²) in [6.07, 6.45) is 3.03. The molecule has 0 aromatic carbocycles. The molecule has 1 saturated heterocycles. The van der Waals surface area contributed by atoms with Gasteiger partial charge in [-0.05, 0) is 31.3 Å². The first-order valence-electron chi connectivity index (χ1n) is 5.71. The van der Waals surface area contributed by atoms with E-state index < -0.39 is 9.84 Å². The Kier molecular flexibility index (Phi) is 3.79. The van der Waals surface area contributed by atoms with Gasteiger partial charge in [-0.3, -0.25) is 0 Å². The number of hydrogen-bond donors (Lipinski definition) is 2. The minimum absolute atomic E-state index is 0.0742. The van der Waals surface area contributed by atoms with Crippen LogP contribution in [0.3, 0.4) is 0 Å². The number of hydrogen-bond acceptors (Lipinski definition) is 7. The van der Waals surface area contributed by atoms with E-state index in [9.17, 15) is 8.42 Å². The fourth-order valence-corrected chi connectivity index (χ4v) is 4.19. The Hall–Kier alpha value is -0.860. The lowest BCUT2D eigenvalue weighted by Gasteiger charge is -2.28. The molecular weight excluding hydrogens is 274 g/mol. The van der Waals surface area contributed by atoms with E-state index in [2.05, 4.69) is 9.69 Å². The molecule has 6 nitrogen and oxygen atoms in total. The van der Waals surface area contributed by atoms with Gasteiger partial charge >= 0.3 is 0 Å². The second-order valence-corrected chi connectivity index (χ2v) is 7.27. The number of anilines is 2. The number of nitrogens with one attached hydrogen (secondary N) is 1. The van der Waals surface area contributed by atoms with Crippen molar-refractivity contribution in [1.82, 2.24) is 4.37 Å². The lowest BCUT2D eigenvalue weighted by Crippen LogP contribution is -2.32. The van der Waals surface area contributed by atoms with Gasteiger partial charge in [0.15, 0.2) is 15.7 Å². The number of nitrogens with zero attached hydrogens (tertiary/aromatic N) is 1. The maximum atomic E-state index is 11.7. The van der Waals surface area contributed by atoms with Crippen molar-refractivity contribution in [3.05, 3.63) is 0 Å². The van der Waals surface area contributed by atoms with Gasteiger partial charge in [0, 0.05) is 18.9 Å². The van der Waals surface area contributed by atoms with Crippen LogP contribution < -0.4 is 11.1 Å². The lowest BCUT2D eigenvalue weighted by atomic mass is 10.0. The lowest BCUT2D eigenvalue weighted by molar-refractivity contribution is 0.0232. The van der Waals surface area contributed by atoms with Crippen molar-refractivity contribution in [1.29, 1.82) is 0 Å². The summed E-state index contributed by atoms with van der Waals surface area (Å²) in [6, 6.07) is 0.203. The van der Waals surface area contributed by atoms with E-state index in [-0.39, 0.29) is 22.9 Å². The highest BCUT2D eigenvalue weighted by Crippen LogP contribution is 2.33. The topological polar surface area (TPSA) is 94.3 Å². The standard InChI is InChI=1S/C10H17N3O3S2/c1-6-5-7(3-4-16-6)12-10-8(18(2,14)15)9(11)13-17-10/h6-7,12H,3-5H2,1-2H3,(H2,11,13). The maximum absolute atomic E-state index is 11.7. The van der Waals surface area contributed by atoms with Crippen molar-refractivity contribution >= 4 is 32.2 Å². The summed E-state index contributed by atoms with van der Waals surface area (Å²) in [5.41, 5.74) is 5.62. The molecule has 0 bridgehead atoms. The maximum Gasteiger partial charge on any atom is 0.182 e. The molecule has 18 heavy (non-hydrogen) atoms. The van der Waals surface area contributed by atoms with Gasteiger partial charge in [-0.1, -0.05) is 0 Å². The molecule has 1 aliphatic heterocycles. The van der Waals surface area contributed by atoms with Gasteiger partial charge in [0.2, 0.25) is 0 Å². The predicted octanol–water partition coefficient (Wildman–Crippen LogP) is 1.11. The largest absolute Gasteiger partial charge is 0.382 e. The number of sulfone groups is 1. The van der Waals surface area contributed by atoms with Crippen LogP contribution in [0.5, 0.6) is 0 Å². The summed E-state index contributed by atoms with van der Waals surface area (Å²) in [4.78, 5) is 0.117. The normalized spacial score (nSPS) is 25.0. The van der Waals surface area contributed by atoms with Gasteiger partial charge in [-0.25, -0.2) is 8.42 Å². The zero-order chi connectivity index (χ0) is 13.3. The number of ether oxygens (including phenoxy) is 1. The fraction of sp³-hybridized carbons (Fsp3) is 0.700. The van der Waals surface area contributed by atoms with Gasteiger partial charge in [0.1, 0.15) is 9.90 Å². The molecule has 2 heterocycles. The first kappa shape index (κ1) is 13.6. The van der Waals surface area contributed by atoms with E-state index >= 15 is 0 Å². The monoisotopic (exact) mass is 291 g/mol. The van der Waals surface area contributed by atoms with Crippen LogP contribution in [-0.4, -0.2) is 37.8 Å². The van der Waals surface area contributed by atoms with Crippen LogP contribution in [0.4, 0.5) is 10.8 Å². The summed E-state index contributed by atoms with van der Waals surface area (Å²) < 4.78 is 32.7. The number of nitrogens with two attached hydrogens (primary N) is 1. The molecule has 0 amide bonds. The Morgan fingerprint density at radius 2 is 2.28 bits per heavy atom. The van der Waals surface area contributed by atoms with Gasteiger partial charge < -0.3 is 15.8 Å². The fourth-order valence-electron chi connectivity index (χ4n) is 2.06. The number of nitrogen functional groups attached to an aromatic ring is 1. The third-order valence-electron chi connectivity index (χ3n) is 2.87. The highest BCUT2D eigenvalue weighted by atomic mass is 32.2. The van der Waals surface area contributed by atoms with Crippen molar-refractivity contribution in [2.45, 2.75) is 36.8 Å².